The van der Waals surface area contributed by atoms with E-state index in [2.05, 4.69) is 36.2 Å². The van der Waals surface area contributed by atoms with Crippen LogP contribution in [0.2, 0.25) is 5.82 Å². The van der Waals surface area contributed by atoms with Gasteiger partial charge in [-0.2, -0.15) is 0 Å². The van der Waals surface area contributed by atoms with Gasteiger partial charge >= 0.3 is 101 Å². The van der Waals surface area contributed by atoms with Gasteiger partial charge in [0.1, 0.15) is 0 Å². The second-order valence-electron chi connectivity index (χ2n) is 3.76. The quantitative estimate of drug-likeness (QED) is 0.855. The van der Waals surface area contributed by atoms with E-state index in [1.807, 2.05) is 12.1 Å². The molecule has 2 rings (SSSR count). The Labute approximate surface area is 101 Å². The molecule has 0 amide bonds. The van der Waals surface area contributed by atoms with E-state index >= 15 is 0 Å². The molecule has 2 aromatic rings. The Bertz CT molecular complexity index is 436. The van der Waals surface area contributed by atoms with Crippen molar-refractivity contribution < 1.29 is 5.11 Å². The summed E-state index contributed by atoms with van der Waals surface area (Å²) in [5.41, 5.74) is 1.41. The van der Waals surface area contributed by atoms with E-state index in [0.717, 1.165) is 5.32 Å². The molecule has 0 saturated carbocycles. The van der Waals surface area contributed by atoms with Gasteiger partial charge in [-0.1, -0.05) is 0 Å². The van der Waals surface area contributed by atoms with Crippen LogP contribution in [0.25, 0.3) is 0 Å². The van der Waals surface area contributed by atoms with Gasteiger partial charge < -0.3 is 0 Å². The molecule has 0 unspecified atom stereocenters. The van der Waals surface area contributed by atoms with E-state index < -0.39 is 13.9 Å². The van der Waals surface area contributed by atoms with Crippen LogP contribution in [0.4, 0.5) is 0 Å². The van der Waals surface area contributed by atoms with E-state index in [9.17, 15) is 5.11 Å². The Balaban J connectivity index is 2.09. The Morgan fingerprint density at radius 3 is 2.19 bits per heavy atom. The Morgan fingerprint density at radius 2 is 1.56 bits per heavy atom. The first kappa shape index (κ1) is 11.3. The maximum atomic E-state index is 9.24. The number of phenols is 1. The monoisotopic (exact) mass is 279 g/mol. The molecule has 1 nitrogen and oxygen atoms in total. The SMILES string of the molecule is C[Se](Cc1ccccc1)c1ccc(O)cc1. The van der Waals surface area contributed by atoms with Crippen LogP contribution < -0.4 is 4.46 Å². The summed E-state index contributed by atoms with van der Waals surface area (Å²) in [6.07, 6.45) is 0. The first-order valence-corrected chi connectivity index (χ1v) is 8.99. The summed E-state index contributed by atoms with van der Waals surface area (Å²) in [7, 11) is 0. The molecule has 0 heterocycles. The number of hydrogen-bond acceptors (Lipinski definition) is 1. The van der Waals surface area contributed by atoms with Gasteiger partial charge in [0, 0.05) is 0 Å². The van der Waals surface area contributed by atoms with Crippen LogP contribution in [0.3, 0.4) is 0 Å². The molecule has 0 saturated heterocycles. The molecule has 0 fully saturated rings. The summed E-state index contributed by atoms with van der Waals surface area (Å²) in [6.45, 7) is 0. The van der Waals surface area contributed by atoms with Crippen molar-refractivity contribution in [2.45, 2.75) is 11.1 Å². The van der Waals surface area contributed by atoms with Crippen LogP contribution in [0.5, 0.6) is 5.75 Å². The van der Waals surface area contributed by atoms with Gasteiger partial charge in [-0.15, -0.1) is 0 Å². The average molecular weight is 278 g/mol. The van der Waals surface area contributed by atoms with Gasteiger partial charge in [-0.05, 0) is 0 Å². The maximum absolute atomic E-state index is 9.24. The molecule has 1 radical (unpaired) electrons. The summed E-state index contributed by atoms with van der Waals surface area (Å²) < 4.78 is 1.39. The topological polar surface area (TPSA) is 20.2 Å². The Hall–Kier alpha value is -1.24. The zero-order valence-electron chi connectivity index (χ0n) is 9.26. The van der Waals surface area contributed by atoms with E-state index in [-0.39, 0.29) is 0 Å². The third-order valence-electron chi connectivity index (χ3n) is 2.47. The van der Waals surface area contributed by atoms with Crippen LogP contribution >= 0.6 is 0 Å². The molecule has 0 aliphatic carbocycles. The fourth-order valence-corrected chi connectivity index (χ4v) is 4.65. The van der Waals surface area contributed by atoms with Crippen LogP contribution in [0.1, 0.15) is 5.56 Å². The van der Waals surface area contributed by atoms with Gasteiger partial charge in [0.25, 0.3) is 0 Å². The van der Waals surface area contributed by atoms with Crippen molar-refractivity contribution >= 4 is 18.4 Å². The third kappa shape index (κ3) is 2.88. The van der Waals surface area contributed by atoms with Gasteiger partial charge in [0.15, 0.2) is 0 Å². The standard InChI is InChI=1S/C14H15OSe/c1-16(11-12-5-3-2-4-6-12)14-9-7-13(15)8-10-14/h2-10,15H,11H2,1H3. The molecule has 16 heavy (non-hydrogen) atoms. The van der Waals surface area contributed by atoms with Crippen LogP contribution in [-0.4, -0.2) is 19.0 Å². The molecule has 83 valence electrons. The van der Waals surface area contributed by atoms with E-state index in [4.69, 9.17) is 0 Å². The predicted octanol–water partition coefficient (Wildman–Crippen LogP) is 2.51. The van der Waals surface area contributed by atoms with Crippen molar-refractivity contribution in [2.75, 3.05) is 0 Å². The molecule has 0 aromatic heterocycles. The van der Waals surface area contributed by atoms with Crippen LogP contribution in [-0.2, 0) is 5.32 Å². The normalized spacial score (nSPS) is 10.6. The number of aromatic hydroxyl groups is 1. The first-order valence-electron chi connectivity index (χ1n) is 5.21. The van der Waals surface area contributed by atoms with Gasteiger partial charge in [-0.25, -0.2) is 0 Å². The second-order valence-corrected chi connectivity index (χ2v) is 8.03. The molecule has 0 aliphatic rings. The van der Waals surface area contributed by atoms with Crippen molar-refractivity contribution in [3.63, 3.8) is 0 Å². The molecule has 0 spiro atoms. The van der Waals surface area contributed by atoms with E-state index in [1.54, 1.807) is 12.1 Å². The van der Waals surface area contributed by atoms with Crippen molar-refractivity contribution in [3.05, 3.63) is 60.2 Å². The van der Waals surface area contributed by atoms with Crippen molar-refractivity contribution in [1.29, 1.82) is 0 Å². The average Bonchev–Trinajstić information content (AvgIpc) is 2.31. The third-order valence-corrected chi connectivity index (χ3v) is 6.33. The minimum absolute atomic E-state index is 0.349. The fraction of sp³-hybridized carbons (Fsp3) is 0.143. The van der Waals surface area contributed by atoms with Gasteiger partial charge in [0.05, 0.1) is 0 Å². The first-order chi connectivity index (χ1) is 7.75. The van der Waals surface area contributed by atoms with E-state index in [1.165, 1.54) is 10.0 Å². The predicted molar refractivity (Wildman–Crippen MR) is 69.5 cm³/mol. The minimum atomic E-state index is -0.779. The summed E-state index contributed by atoms with van der Waals surface area (Å²) in [4.78, 5) is 0. The molecule has 0 atom stereocenters. The molecular weight excluding hydrogens is 263 g/mol. The zero-order chi connectivity index (χ0) is 11.4. The van der Waals surface area contributed by atoms with Crippen molar-refractivity contribution in [2.24, 2.45) is 0 Å². The number of phenolic OH excluding ortho intramolecular Hbond substituents is 1. The molecule has 2 heteroatoms. The van der Waals surface area contributed by atoms with Gasteiger partial charge in [0.2, 0.25) is 0 Å². The molecular formula is C14H15OSe. The summed E-state index contributed by atoms with van der Waals surface area (Å²) in [5, 5.41) is 10.4. The molecule has 1 N–H and O–H groups in total. The van der Waals surface area contributed by atoms with Crippen LogP contribution in [0, 0.1) is 0 Å². The molecule has 0 aliphatic heterocycles. The fourth-order valence-electron chi connectivity index (χ4n) is 1.59. The van der Waals surface area contributed by atoms with Crippen LogP contribution in [0.15, 0.2) is 54.6 Å². The van der Waals surface area contributed by atoms with Gasteiger partial charge in [-0.3, -0.25) is 0 Å². The zero-order valence-corrected chi connectivity index (χ0v) is 11.0. The van der Waals surface area contributed by atoms with Crippen molar-refractivity contribution in [3.8, 4) is 5.75 Å². The Morgan fingerprint density at radius 1 is 0.938 bits per heavy atom. The van der Waals surface area contributed by atoms with Crippen molar-refractivity contribution in [1.82, 2.24) is 0 Å². The summed E-state index contributed by atoms with van der Waals surface area (Å²) >= 11 is -0.779. The molecule has 0 bridgehead atoms. The summed E-state index contributed by atoms with van der Waals surface area (Å²) in [5.74, 6) is 2.68. The molecule has 2 aromatic carbocycles. The number of hydrogen-bond donors (Lipinski definition) is 1. The number of benzene rings is 2. The summed E-state index contributed by atoms with van der Waals surface area (Å²) in [6, 6.07) is 18.2. The van der Waals surface area contributed by atoms with E-state index in [0.29, 0.717) is 5.75 Å². The Kier molecular flexibility index (Phi) is 3.66. The number of rotatable bonds is 3. The second kappa shape index (κ2) is 5.20.